The number of benzene rings is 1. The molecule has 0 aliphatic heterocycles. The zero-order valence-electron chi connectivity index (χ0n) is 16.0. The molecule has 1 fully saturated rings. The first kappa shape index (κ1) is 20.2. The average molecular weight is 393 g/mol. The van der Waals surface area contributed by atoms with Crippen molar-refractivity contribution < 1.29 is 9.59 Å². The molecule has 1 aliphatic carbocycles. The molecule has 0 saturated heterocycles. The van der Waals surface area contributed by atoms with E-state index in [2.05, 4.69) is 31.3 Å². The van der Waals surface area contributed by atoms with Gasteiger partial charge in [-0.25, -0.2) is 4.98 Å². The van der Waals surface area contributed by atoms with E-state index in [0.717, 1.165) is 29.4 Å². The smallest absolute Gasteiger partial charge is 0.240 e. The van der Waals surface area contributed by atoms with Crippen LogP contribution in [0.2, 0.25) is 0 Å². The van der Waals surface area contributed by atoms with Gasteiger partial charge in [-0.3, -0.25) is 14.6 Å². The number of amides is 1. The number of carbonyl (C=O) groups excluding carboxylic acids is 2. The Balaban J connectivity index is 0.00000117. The number of hydrogen-bond donors (Lipinski definition) is 4. The molecule has 1 aromatic carbocycles. The minimum absolute atomic E-state index is 0.209. The number of carbonyl (C=O) groups is 2. The number of aldehydes is 1. The molecular weight excluding hydrogens is 370 g/mol. The molecule has 6 N–H and O–H groups in total. The highest BCUT2D eigenvalue weighted by atomic mass is 16.1. The number of rotatable bonds is 7. The Hall–Kier alpha value is -3.59. The lowest BCUT2D eigenvalue weighted by Crippen LogP contribution is -2.37. The monoisotopic (exact) mass is 393 g/mol. The van der Waals surface area contributed by atoms with Crippen LogP contribution in [0.15, 0.2) is 42.7 Å². The summed E-state index contributed by atoms with van der Waals surface area (Å²) in [6, 6.07) is 8.96. The predicted molar refractivity (Wildman–Crippen MR) is 112 cm³/mol. The molecule has 4 rings (SSSR count). The van der Waals surface area contributed by atoms with E-state index in [9.17, 15) is 9.59 Å². The molecule has 0 bridgehead atoms. The van der Waals surface area contributed by atoms with E-state index in [-0.39, 0.29) is 11.9 Å². The van der Waals surface area contributed by atoms with Crippen LogP contribution in [0, 0.1) is 5.92 Å². The Bertz CT molecular complexity index is 1020. The third-order valence-electron chi connectivity index (χ3n) is 4.49. The number of nitrogens with one attached hydrogen (secondary N) is 2. The molecule has 2 heterocycles. The molecular formula is C20H23N7O2. The minimum Gasteiger partial charge on any atom is -0.368 e. The van der Waals surface area contributed by atoms with Gasteiger partial charge in [0, 0.05) is 23.5 Å². The summed E-state index contributed by atoms with van der Waals surface area (Å²) < 4.78 is 0. The van der Waals surface area contributed by atoms with Crippen molar-refractivity contribution in [3.05, 3.63) is 48.3 Å². The summed E-state index contributed by atoms with van der Waals surface area (Å²) in [7, 11) is 1.50. The molecule has 9 heteroatoms. The van der Waals surface area contributed by atoms with Crippen LogP contribution in [-0.4, -0.2) is 40.2 Å². The van der Waals surface area contributed by atoms with Crippen molar-refractivity contribution in [1.82, 2.24) is 15.0 Å². The van der Waals surface area contributed by atoms with Crippen molar-refractivity contribution in [3.8, 4) is 0 Å². The minimum atomic E-state index is -0.508. The van der Waals surface area contributed by atoms with Crippen molar-refractivity contribution >= 4 is 40.5 Å². The third-order valence-corrected chi connectivity index (χ3v) is 4.49. The van der Waals surface area contributed by atoms with Crippen LogP contribution >= 0.6 is 0 Å². The number of nitrogens with zero attached hydrogens (tertiary/aromatic N) is 3. The number of fused-ring (bicyclic) bond motifs is 1. The SMILES string of the molecule is CN.NC(=O)C(Nc1ncc(C=O)c(Nc2ccc3ncccc3c2)n1)C1CC1. The van der Waals surface area contributed by atoms with Gasteiger partial charge in [0.2, 0.25) is 11.9 Å². The Morgan fingerprint density at radius 2 is 2.03 bits per heavy atom. The first-order chi connectivity index (χ1) is 14.1. The topological polar surface area (TPSA) is 149 Å². The molecule has 1 atom stereocenters. The Morgan fingerprint density at radius 1 is 1.24 bits per heavy atom. The zero-order valence-corrected chi connectivity index (χ0v) is 16.0. The van der Waals surface area contributed by atoms with Crippen LogP contribution < -0.4 is 22.1 Å². The zero-order chi connectivity index (χ0) is 20.8. The number of hydrogen-bond acceptors (Lipinski definition) is 8. The van der Waals surface area contributed by atoms with Gasteiger partial charge in [-0.15, -0.1) is 0 Å². The Labute approximate surface area is 167 Å². The third kappa shape index (κ3) is 4.82. The second-order valence-electron chi connectivity index (χ2n) is 6.51. The molecule has 150 valence electrons. The molecule has 1 saturated carbocycles. The van der Waals surface area contributed by atoms with Gasteiger partial charge in [-0.1, -0.05) is 6.07 Å². The van der Waals surface area contributed by atoms with Gasteiger partial charge < -0.3 is 22.1 Å². The normalized spacial score (nSPS) is 13.7. The molecule has 0 radical (unpaired) electrons. The molecule has 0 spiro atoms. The molecule has 1 unspecified atom stereocenters. The first-order valence-electron chi connectivity index (χ1n) is 9.21. The van der Waals surface area contributed by atoms with Crippen LogP contribution in [0.1, 0.15) is 23.2 Å². The van der Waals surface area contributed by atoms with Gasteiger partial charge in [-0.05, 0) is 50.1 Å². The van der Waals surface area contributed by atoms with Crippen molar-refractivity contribution in [2.75, 3.05) is 17.7 Å². The van der Waals surface area contributed by atoms with E-state index in [1.165, 1.54) is 13.2 Å². The fraction of sp³-hybridized carbons (Fsp3) is 0.250. The number of primary amides is 1. The van der Waals surface area contributed by atoms with Gasteiger partial charge in [0.15, 0.2) is 6.29 Å². The Morgan fingerprint density at radius 3 is 2.72 bits per heavy atom. The van der Waals surface area contributed by atoms with Crippen molar-refractivity contribution in [2.45, 2.75) is 18.9 Å². The summed E-state index contributed by atoms with van der Waals surface area (Å²) in [5, 5.41) is 7.08. The highest BCUT2D eigenvalue weighted by Gasteiger charge is 2.35. The first-order valence-corrected chi connectivity index (χ1v) is 9.21. The predicted octanol–water partition coefficient (Wildman–Crippen LogP) is 1.83. The molecule has 2 aromatic heterocycles. The van der Waals surface area contributed by atoms with E-state index >= 15 is 0 Å². The summed E-state index contributed by atoms with van der Waals surface area (Å²) in [6.07, 6.45) is 5.73. The van der Waals surface area contributed by atoms with Crippen LogP contribution in [0.3, 0.4) is 0 Å². The van der Waals surface area contributed by atoms with Gasteiger partial charge >= 0.3 is 0 Å². The van der Waals surface area contributed by atoms with E-state index in [0.29, 0.717) is 17.7 Å². The van der Waals surface area contributed by atoms with E-state index in [1.54, 1.807) is 6.20 Å². The maximum absolute atomic E-state index is 11.6. The maximum Gasteiger partial charge on any atom is 0.240 e. The van der Waals surface area contributed by atoms with Gasteiger partial charge in [0.1, 0.15) is 11.9 Å². The summed E-state index contributed by atoms with van der Waals surface area (Å²) in [6.45, 7) is 0. The van der Waals surface area contributed by atoms with Crippen LogP contribution in [-0.2, 0) is 4.79 Å². The lowest BCUT2D eigenvalue weighted by molar-refractivity contribution is -0.119. The number of anilines is 3. The maximum atomic E-state index is 11.6. The fourth-order valence-electron chi connectivity index (χ4n) is 2.93. The number of nitrogens with two attached hydrogens (primary N) is 2. The summed E-state index contributed by atoms with van der Waals surface area (Å²) >= 11 is 0. The largest absolute Gasteiger partial charge is 0.368 e. The molecule has 3 aromatic rings. The van der Waals surface area contributed by atoms with E-state index in [4.69, 9.17) is 5.73 Å². The lowest BCUT2D eigenvalue weighted by atomic mass is 10.2. The quantitative estimate of drug-likeness (QED) is 0.444. The highest BCUT2D eigenvalue weighted by molar-refractivity contribution is 5.87. The highest BCUT2D eigenvalue weighted by Crippen LogP contribution is 2.34. The lowest BCUT2D eigenvalue weighted by Gasteiger charge is -2.16. The fourth-order valence-corrected chi connectivity index (χ4v) is 2.93. The van der Waals surface area contributed by atoms with Gasteiger partial charge in [0.05, 0.1) is 11.1 Å². The van der Waals surface area contributed by atoms with Gasteiger partial charge in [-0.2, -0.15) is 4.98 Å². The molecule has 1 aliphatic rings. The van der Waals surface area contributed by atoms with E-state index in [1.807, 2.05) is 30.3 Å². The van der Waals surface area contributed by atoms with Crippen LogP contribution in [0.25, 0.3) is 10.9 Å². The number of aromatic nitrogens is 3. The van der Waals surface area contributed by atoms with Crippen LogP contribution in [0.4, 0.5) is 17.5 Å². The van der Waals surface area contributed by atoms with Crippen molar-refractivity contribution in [3.63, 3.8) is 0 Å². The molecule has 9 nitrogen and oxygen atoms in total. The average Bonchev–Trinajstić information content (AvgIpc) is 3.58. The molecule has 1 amide bonds. The van der Waals surface area contributed by atoms with Crippen LogP contribution in [0.5, 0.6) is 0 Å². The van der Waals surface area contributed by atoms with Crippen molar-refractivity contribution in [1.29, 1.82) is 0 Å². The van der Waals surface area contributed by atoms with Crippen molar-refractivity contribution in [2.24, 2.45) is 17.4 Å². The summed E-state index contributed by atoms with van der Waals surface area (Å²) in [4.78, 5) is 35.8. The molecule has 29 heavy (non-hydrogen) atoms. The van der Waals surface area contributed by atoms with E-state index < -0.39 is 11.9 Å². The Kier molecular flexibility index (Phi) is 6.30. The summed E-state index contributed by atoms with van der Waals surface area (Å²) in [5.41, 5.74) is 11.9. The second-order valence-corrected chi connectivity index (χ2v) is 6.51. The standard InChI is InChI=1S/C19H18N6O2.CH5N/c20-17(27)16(11-3-4-11)24-19-22-9-13(10-26)18(25-19)23-14-5-6-15-12(8-14)2-1-7-21-15;1-2/h1-2,5-11,16H,3-4H2,(H2,20,27)(H2,22,23,24,25);2H2,1H3. The number of pyridine rings is 1. The second kappa shape index (κ2) is 9.07. The summed E-state index contributed by atoms with van der Waals surface area (Å²) in [5.74, 6) is 0.379. The van der Waals surface area contributed by atoms with Gasteiger partial charge in [0.25, 0.3) is 0 Å².